The van der Waals surface area contributed by atoms with Gasteiger partial charge in [0.05, 0.1) is 11.5 Å². The van der Waals surface area contributed by atoms with Crippen molar-refractivity contribution < 1.29 is 9.59 Å². The quantitative estimate of drug-likeness (QED) is 0.715. The first-order chi connectivity index (χ1) is 8.42. The highest BCUT2D eigenvalue weighted by Crippen LogP contribution is 2.21. The molecule has 18 heavy (non-hydrogen) atoms. The number of nitrogens with zero attached hydrogens (tertiary/aromatic N) is 3. The van der Waals surface area contributed by atoms with Crippen LogP contribution in [0.4, 0.5) is 0 Å². The third-order valence-electron chi connectivity index (χ3n) is 3.06. The summed E-state index contributed by atoms with van der Waals surface area (Å²) in [6.07, 6.45) is -0.0961. The maximum Gasteiger partial charge on any atom is 0.236 e. The van der Waals surface area contributed by atoms with Crippen LogP contribution in [-0.2, 0) is 9.59 Å². The Balaban J connectivity index is 2.52. The standard InChI is InChI=1S/C12H18ClN3O2/c1-12(2,9-13)11(18)16-7-5-15(6-8-16)10(17)3-4-14/h3,5-9H2,1-2H3. The molecule has 0 aromatic rings. The van der Waals surface area contributed by atoms with Crippen LogP contribution in [0.5, 0.6) is 0 Å². The number of hydrogen-bond donors (Lipinski definition) is 0. The second-order valence-electron chi connectivity index (χ2n) is 5.03. The average molecular weight is 272 g/mol. The van der Waals surface area contributed by atoms with Gasteiger partial charge in [0, 0.05) is 32.1 Å². The van der Waals surface area contributed by atoms with E-state index in [1.54, 1.807) is 9.80 Å². The number of hydrogen-bond acceptors (Lipinski definition) is 3. The third-order valence-corrected chi connectivity index (χ3v) is 3.73. The number of carbonyl (C=O) groups is 2. The van der Waals surface area contributed by atoms with Gasteiger partial charge in [0.1, 0.15) is 6.42 Å². The molecule has 6 heteroatoms. The molecule has 0 aromatic heterocycles. The Kier molecular flexibility index (Phi) is 4.97. The van der Waals surface area contributed by atoms with Crippen LogP contribution in [0.2, 0.25) is 0 Å². The highest BCUT2D eigenvalue weighted by Gasteiger charge is 2.33. The molecule has 1 rings (SSSR count). The fourth-order valence-corrected chi connectivity index (χ4v) is 1.94. The van der Waals surface area contributed by atoms with E-state index in [0.717, 1.165) is 0 Å². The average Bonchev–Trinajstić information content (AvgIpc) is 2.38. The van der Waals surface area contributed by atoms with Gasteiger partial charge in [0.15, 0.2) is 0 Å². The van der Waals surface area contributed by atoms with Gasteiger partial charge >= 0.3 is 0 Å². The summed E-state index contributed by atoms with van der Waals surface area (Å²) in [6, 6.07) is 1.84. The molecule has 0 aliphatic carbocycles. The minimum absolute atomic E-state index is 0.0184. The van der Waals surface area contributed by atoms with Gasteiger partial charge in [0.2, 0.25) is 11.8 Å². The number of carbonyl (C=O) groups excluding carboxylic acids is 2. The molecule has 1 aliphatic heterocycles. The summed E-state index contributed by atoms with van der Waals surface area (Å²) in [5.74, 6) is 0.130. The van der Waals surface area contributed by atoms with Crippen molar-refractivity contribution in [2.24, 2.45) is 5.41 Å². The number of piperazine rings is 1. The minimum atomic E-state index is -0.569. The minimum Gasteiger partial charge on any atom is -0.339 e. The van der Waals surface area contributed by atoms with E-state index in [1.165, 1.54) is 0 Å². The molecular weight excluding hydrogens is 254 g/mol. The van der Waals surface area contributed by atoms with Crippen molar-refractivity contribution >= 4 is 23.4 Å². The molecule has 1 aliphatic rings. The number of rotatable bonds is 3. The van der Waals surface area contributed by atoms with E-state index < -0.39 is 5.41 Å². The van der Waals surface area contributed by atoms with Crippen molar-refractivity contribution in [1.29, 1.82) is 5.26 Å². The van der Waals surface area contributed by atoms with Crippen LogP contribution < -0.4 is 0 Å². The normalized spacial score (nSPS) is 16.3. The van der Waals surface area contributed by atoms with E-state index in [-0.39, 0.29) is 24.1 Å². The van der Waals surface area contributed by atoms with Gasteiger partial charge in [-0.15, -0.1) is 11.6 Å². The Labute approximate surface area is 112 Å². The second-order valence-corrected chi connectivity index (χ2v) is 5.29. The fraction of sp³-hybridized carbons (Fsp3) is 0.750. The molecule has 0 bridgehead atoms. The molecule has 0 aromatic carbocycles. The van der Waals surface area contributed by atoms with E-state index in [4.69, 9.17) is 16.9 Å². The summed E-state index contributed by atoms with van der Waals surface area (Å²) in [7, 11) is 0. The molecule has 5 nitrogen and oxygen atoms in total. The van der Waals surface area contributed by atoms with E-state index in [1.807, 2.05) is 19.9 Å². The summed E-state index contributed by atoms with van der Waals surface area (Å²) < 4.78 is 0. The summed E-state index contributed by atoms with van der Waals surface area (Å²) in [5, 5.41) is 8.47. The lowest BCUT2D eigenvalue weighted by Crippen LogP contribution is -2.53. The van der Waals surface area contributed by atoms with E-state index in [2.05, 4.69) is 0 Å². The summed E-state index contributed by atoms with van der Waals surface area (Å²) in [6.45, 7) is 5.63. The molecule has 0 N–H and O–H groups in total. The summed E-state index contributed by atoms with van der Waals surface area (Å²) >= 11 is 5.78. The molecule has 0 spiro atoms. The van der Waals surface area contributed by atoms with Gasteiger partial charge in [0.25, 0.3) is 0 Å². The van der Waals surface area contributed by atoms with Crippen LogP contribution in [0, 0.1) is 16.7 Å². The van der Waals surface area contributed by atoms with Crippen molar-refractivity contribution in [3.05, 3.63) is 0 Å². The fourth-order valence-electron chi connectivity index (χ4n) is 1.82. The van der Waals surface area contributed by atoms with E-state index in [0.29, 0.717) is 26.2 Å². The molecule has 0 radical (unpaired) electrons. The zero-order valence-electron chi connectivity index (χ0n) is 10.8. The zero-order valence-corrected chi connectivity index (χ0v) is 11.5. The Morgan fingerprint density at radius 2 is 1.72 bits per heavy atom. The number of halogens is 1. The number of alkyl halides is 1. The van der Waals surface area contributed by atoms with Gasteiger partial charge in [-0.05, 0) is 13.8 Å². The highest BCUT2D eigenvalue weighted by atomic mass is 35.5. The van der Waals surface area contributed by atoms with Crippen molar-refractivity contribution in [3.63, 3.8) is 0 Å². The lowest BCUT2D eigenvalue weighted by molar-refractivity contribution is -0.144. The predicted molar refractivity (Wildman–Crippen MR) is 67.9 cm³/mol. The van der Waals surface area contributed by atoms with Crippen molar-refractivity contribution in [2.45, 2.75) is 20.3 Å². The van der Waals surface area contributed by atoms with Crippen LogP contribution in [0.25, 0.3) is 0 Å². The highest BCUT2D eigenvalue weighted by molar-refractivity contribution is 6.19. The van der Waals surface area contributed by atoms with Gasteiger partial charge < -0.3 is 9.80 Å². The molecule has 100 valence electrons. The maximum atomic E-state index is 12.1. The molecular formula is C12H18ClN3O2. The Morgan fingerprint density at radius 3 is 2.17 bits per heavy atom. The maximum absolute atomic E-state index is 12.1. The lowest BCUT2D eigenvalue weighted by Gasteiger charge is -2.37. The van der Waals surface area contributed by atoms with Crippen molar-refractivity contribution in [3.8, 4) is 6.07 Å². The third kappa shape index (κ3) is 3.36. The number of nitriles is 1. The SMILES string of the molecule is CC(C)(CCl)C(=O)N1CCN(C(=O)CC#N)CC1. The molecule has 0 saturated carbocycles. The molecule has 1 saturated heterocycles. The van der Waals surface area contributed by atoms with Crippen LogP contribution in [0.3, 0.4) is 0 Å². The van der Waals surface area contributed by atoms with E-state index in [9.17, 15) is 9.59 Å². The van der Waals surface area contributed by atoms with Crippen LogP contribution in [0.15, 0.2) is 0 Å². The molecule has 1 fully saturated rings. The van der Waals surface area contributed by atoms with Gasteiger partial charge in [-0.2, -0.15) is 5.26 Å². The summed E-state index contributed by atoms with van der Waals surface area (Å²) in [5.41, 5.74) is -0.569. The topological polar surface area (TPSA) is 64.4 Å². The van der Waals surface area contributed by atoms with Gasteiger partial charge in [-0.3, -0.25) is 9.59 Å². The first-order valence-electron chi connectivity index (χ1n) is 5.92. The van der Waals surface area contributed by atoms with Crippen LogP contribution >= 0.6 is 11.6 Å². The first kappa shape index (κ1) is 14.8. The Morgan fingerprint density at radius 1 is 1.22 bits per heavy atom. The van der Waals surface area contributed by atoms with Crippen LogP contribution in [0.1, 0.15) is 20.3 Å². The zero-order chi connectivity index (χ0) is 13.8. The molecule has 1 heterocycles. The van der Waals surface area contributed by atoms with Gasteiger partial charge in [-0.1, -0.05) is 0 Å². The molecule has 0 unspecified atom stereocenters. The summed E-state index contributed by atoms with van der Waals surface area (Å²) in [4.78, 5) is 27.0. The van der Waals surface area contributed by atoms with Gasteiger partial charge in [-0.25, -0.2) is 0 Å². The molecule has 2 amide bonds. The Bertz CT molecular complexity index is 368. The van der Waals surface area contributed by atoms with Crippen molar-refractivity contribution in [1.82, 2.24) is 9.80 Å². The smallest absolute Gasteiger partial charge is 0.236 e. The lowest BCUT2D eigenvalue weighted by atomic mass is 9.94. The predicted octanol–water partition coefficient (Wildman–Crippen LogP) is 0.836. The Hall–Kier alpha value is -1.28. The monoisotopic (exact) mass is 271 g/mol. The largest absolute Gasteiger partial charge is 0.339 e. The molecule has 0 atom stereocenters. The van der Waals surface area contributed by atoms with Crippen LogP contribution in [-0.4, -0.2) is 53.7 Å². The number of amides is 2. The van der Waals surface area contributed by atoms with Crippen molar-refractivity contribution in [2.75, 3.05) is 32.1 Å². The van der Waals surface area contributed by atoms with E-state index >= 15 is 0 Å². The first-order valence-corrected chi connectivity index (χ1v) is 6.46. The second kappa shape index (κ2) is 6.05.